The van der Waals surface area contributed by atoms with E-state index < -0.39 is 0 Å². The summed E-state index contributed by atoms with van der Waals surface area (Å²) in [5, 5.41) is 4.03. The standard InChI is InChI=1S/C18H22ClNO/c1-3-11-20-13-15-9-10-18(17(19)12-15)21-14(2)16-7-5-4-6-8-16/h4-10,12,14,20H,3,11,13H2,1-2H3. The third-order valence-corrected chi connectivity index (χ3v) is 3.62. The number of halogens is 1. The first-order chi connectivity index (χ1) is 10.2. The Hall–Kier alpha value is -1.51. The molecule has 1 unspecified atom stereocenters. The zero-order valence-electron chi connectivity index (χ0n) is 12.6. The fourth-order valence-corrected chi connectivity index (χ4v) is 2.39. The first-order valence-electron chi connectivity index (χ1n) is 7.41. The molecule has 0 fully saturated rings. The molecule has 2 aromatic carbocycles. The van der Waals surface area contributed by atoms with Crippen molar-refractivity contribution >= 4 is 11.6 Å². The van der Waals surface area contributed by atoms with E-state index in [2.05, 4.69) is 30.4 Å². The second-order valence-corrected chi connectivity index (χ2v) is 5.52. The van der Waals surface area contributed by atoms with E-state index in [0.717, 1.165) is 30.8 Å². The predicted molar refractivity (Wildman–Crippen MR) is 88.9 cm³/mol. The summed E-state index contributed by atoms with van der Waals surface area (Å²) >= 11 is 6.32. The van der Waals surface area contributed by atoms with Gasteiger partial charge in [0, 0.05) is 6.54 Å². The molecule has 2 rings (SSSR count). The normalized spacial score (nSPS) is 12.1. The van der Waals surface area contributed by atoms with Gasteiger partial charge in [-0.05, 0) is 43.1 Å². The minimum Gasteiger partial charge on any atom is -0.484 e. The molecule has 0 heterocycles. The van der Waals surface area contributed by atoms with Gasteiger partial charge >= 0.3 is 0 Å². The molecule has 0 amide bonds. The summed E-state index contributed by atoms with van der Waals surface area (Å²) in [7, 11) is 0. The van der Waals surface area contributed by atoms with E-state index >= 15 is 0 Å². The Morgan fingerprint density at radius 3 is 2.57 bits per heavy atom. The van der Waals surface area contributed by atoms with Gasteiger partial charge in [0.05, 0.1) is 5.02 Å². The summed E-state index contributed by atoms with van der Waals surface area (Å²) in [5.41, 5.74) is 2.32. The van der Waals surface area contributed by atoms with Crippen LogP contribution in [-0.4, -0.2) is 6.54 Å². The van der Waals surface area contributed by atoms with Crippen molar-refractivity contribution in [3.05, 3.63) is 64.7 Å². The molecule has 1 N–H and O–H groups in total. The first-order valence-corrected chi connectivity index (χ1v) is 7.79. The maximum absolute atomic E-state index is 6.32. The van der Waals surface area contributed by atoms with Crippen molar-refractivity contribution in [3.8, 4) is 5.75 Å². The molecule has 0 saturated heterocycles. The van der Waals surface area contributed by atoms with Gasteiger partial charge in [0.1, 0.15) is 11.9 Å². The fraction of sp³-hybridized carbons (Fsp3) is 0.333. The van der Waals surface area contributed by atoms with Crippen LogP contribution in [0, 0.1) is 0 Å². The Morgan fingerprint density at radius 2 is 1.90 bits per heavy atom. The molecule has 0 radical (unpaired) electrons. The highest BCUT2D eigenvalue weighted by Gasteiger charge is 2.09. The molecule has 0 saturated carbocycles. The summed E-state index contributed by atoms with van der Waals surface area (Å²) in [4.78, 5) is 0. The molecule has 0 spiro atoms. The number of rotatable bonds is 7. The van der Waals surface area contributed by atoms with E-state index in [1.807, 2.05) is 37.3 Å². The molecule has 0 bridgehead atoms. The number of nitrogens with one attached hydrogen (secondary N) is 1. The van der Waals surface area contributed by atoms with Gasteiger partial charge in [0.25, 0.3) is 0 Å². The van der Waals surface area contributed by atoms with Crippen LogP contribution in [0.4, 0.5) is 0 Å². The van der Waals surface area contributed by atoms with Gasteiger partial charge in [0.15, 0.2) is 0 Å². The monoisotopic (exact) mass is 303 g/mol. The van der Waals surface area contributed by atoms with Crippen molar-refractivity contribution < 1.29 is 4.74 Å². The Kier molecular flexibility index (Phi) is 6.09. The zero-order valence-corrected chi connectivity index (χ0v) is 13.4. The number of ether oxygens (including phenoxy) is 1. The zero-order chi connectivity index (χ0) is 15.1. The lowest BCUT2D eigenvalue weighted by atomic mass is 10.1. The number of benzene rings is 2. The highest BCUT2D eigenvalue weighted by Crippen LogP contribution is 2.29. The van der Waals surface area contributed by atoms with E-state index in [-0.39, 0.29) is 6.10 Å². The lowest BCUT2D eigenvalue weighted by Gasteiger charge is -2.16. The molecule has 3 heteroatoms. The van der Waals surface area contributed by atoms with Gasteiger partial charge in [-0.3, -0.25) is 0 Å². The second-order valence-electron chi connectivity index (χ2n) is 5.11. The Labute approximate surface area is 132 Å². The Morgan fingerprint density at radius 1 is 1.14 bits per heavy atom. The molecule has 1 atom stereocenters. The quantitative estimate of drug-likeness (QED) is 0.728. The Balaban J connectivity index is 2.00. The van der Waals surface area contributed by atoms with Gasteiger partial charge in [-0.2, -0.15) is 0 Å². The summed E-state index contributed by atoms with van der Waals surface area (Å²) in [6, 6.07) is 16.1. The third kappa shape index (κ3) is 4.76. The van der Waals surface area contributed by atoms with Crippen LogP contribution in [0.3, 0.4) is 0 Å². The largest absolute Gasteiger partial charge is 0.484 e. The van der Waals surface area contributed by atoms with Gasteiger partial charge in [-0.15, -0.1) is 0 Å². The number of hydrogen-bond donors (Lipinski definition) is 1. The number of hydrogen-bond acceptors (Lipinski definition) is 2. The van der Waals surface area contributed by atoms with E-state index in [1.54, 1.807) is 0 Å². The molecule has 0 aromatic heterocycles. The minimum atomic E-state index is -0.0206. The molecule has 0 aliphatic carbocycles. The molecule has 2 aromatic rings. The van der Waals surface area contributed by atoms with Crippen molar-refractivity contribution in [1.29, 1.82) is 0 Å². The minimum absolute atomic E-state index is 0.0206. The lowest BCUT2D eigenvalue weighted by Crippen LogP contribution is -2.13. The smallest absolute Gasteiger partial charge is 0.138 e. The second kappa shape index (κ2) is 8.06. The van der Waals surface area contributed by atoms with Gasteiger partial charge in [-0.1, -0.05) is 54.9 Å². The van der Waals surface area contributed by atoms with E-state index in [4.69, 9.17) is 16.3 Å². The van der Waals surface area contributed by atoms with E-state index in [0.29, 0.717) is 5.02 Å². The van der Waals surface area contributed by atoms with Crippen LogP contribution in [0.5, 0.6) is 5.75 Å². The molecular formula is C18H22ClNO. The maximum Gasteiger partial charge on any atom is 0.138 e. The maximum atomic E-state index is 6.32. The van der Waals surface area contributed by atoms with Crippen LogP contribution in [0.15, 0.2) is 48.5 Å². The van der Waals surface area contributed by atoms with Crippen LogP contribution in [0.2, 0.25) is 5.02 Å². The topological polar surface area (TPSA) is 21.3 Å². The van der Waals surface area contributed by atoms with Gasteiger partial charge in [0.2, 0.25) is 0 Å². The summed E-state index contributed by atoms with van der Waals surface area (Å²) in [5.74, 6) is 0.729. The van der Waals surface area contributed by atoms with Crippen LogP contribution < -0.4 is 10.1 Å². The lowest BCUT2D eigenvalue weighted by molar-refractivity contribution is 0.227. The highest BCUT2D eigenvalue weighted by molar-refractivity contribution is 6.32. The fourth-order valence-electron chi connectivity index (χ4n) is 2.14. The van der Waals surface area contributed by atoms with Crippen LogP contribution in [-0.2, 0) is 6.54 Å². The molecule has 21 heavy (non-hydrogen) atoms. The molecule has 2 nitrogen and oxygen atoms in total. The van der Waals surface area contributed by atoms with Gasteiger partial charge < -0.3 is 10.1 Å². The van der Waals surface area contributed by atoms with Crippen molar-refractivity contribution in [2.75, 3.05) is 6.54 Å². The molecule has 0 aliphatic rings. The predicted octanol–water partition coefficient (Wildman–Crippen LogP) is 4.98. The Bertz CT molecular complexity index is 556. The summed E-state index contributed by atoms with van der Waals surface area (Å²) in [6.07, 6.45) is 1.11. The first kappa shape index (κ1) is 15.9. The average molecular weight is 304 g/mol. The summed E-state index contributed by atoms with van der Waals surface area (Å²) < 4.78 is 5.96. The SMILES string of the molecule is CCCNCc1ccc(OC(C)c2ccccc2)c(Cl)c1. The molecular weight excluding hydrogens is 282 g/mol. The highest BCUT2D eigenvalue weighted by atomic mass is 35.5. The average Bonchev–Trinajstić information content (AvgIpc) is 2.51. The van der Waals surface area contributed by atoms with Crippen LogP contribution in [0.1, 0.15) is 37.5 Å². The van der Waals surface area contributed by atoms with Crippen molar-refractivity contribution in [2.45, 2.75) is 32.9 Å². The van der Waals surface area contributed by atoms with Gasteiger partial charge in [-0.25, -0.2) is 0 Å². The van der Waals surface area contributed by atoms with Crippen molar-refractivity contribution in [1.82, 2.24) is 5.32 Å². The molecule has 0 aliphatic heterocycles. The van der Waals surface area contributed by atoms with Crippen LogP contribution >= 0.6 is 11.6 Å². The van der Waals surface area contributed by atoms with Crippen molar-refractivity contribution in [2.24, 2.45) is 0 Å². The molecule has 112 valence electrons. The van der Waals surface area contributed by atoms with E-state index in [9.17, 15) is 0 Å². The van der Waals surface area contributed by atoms with Crippen molar-refractivity contribution in [3.63, 3.8) is 0 Å². The third-order valence-electron chi connectivity index (χ3n) is 3.32. The van der Waals surface area contributed by atoms with Crippen LogP contribution in [0.25, 0.3) is 0 Å². The van der Waals surface area contributed by atoms with E-state index in [1.165, 1.54) is 5.56 Å². The summed E-state index contributed by atoms with van der Waals surface area (Å²) in [6.45, 7) is 6.03.